The van der Waals surface area contributed by atoms with Gasteiger partial charge in [0.2, 0.25) is 0 Å². The molecule has 0 bridgehead atoms. The maximum Gasteiger partial charge on any atom is 0.321 e. The van der Waals surface area contributed by atoms with E-state index in [0.717, 1.165) is 0 Å². The molecule has 1 heterocycles. The monoisotopic (exact) mass is 308 g/mol. The van der Waals surface area contributed by atoms with Crippen molar-refractivity contribution in [3.63, 3.8) is 0 Å². The zero-order valence-corrected chi connectivity index (χ0v) is 12.9. The van der Waals surface area contributed by atoms with Crippen LogP contribution in [-0.2, 0) is 14.6 Å². The zero-order chi connectivity index (χ0) is 15.5. The number of aliphatic hydroxyl groups is 1. The second-order valence-corrected chi connectivity index (χ2v) is 7.70. The molecule has 1 unspecified atom stereocenters. The Morgan fingerprint density at radius 3 is 2.15 bits per heavy atom. The van der Waals surface area contributed by atoms with Crippen molar-refractivity contribution in [3.05, 3.63) is 0 Å². The summed E-state index contributed by atoms with van der Waals surface area (Å²) >= 11 is 0. The number of hydrogen-bond acceptors (Lipinski definition) is 6. The van der Waals surface area contributed by atoms with E-state index >= 15 is 0 Å². The maximum atomic E-state index is 11.5. The number of nitrogens with zero attached hydrogens (tertiary/aromatic N) is 1. The lowest BCUT2D eigenvalue weighted by Gasteiger charge is -2.38. The average molecular weight is 308 g/mol. The normalized spacial score (nSPS) is 25.6. The second-order valence-electron chi connectivity index (χ2n) is 5.40. The van der Waals surface area contributed by atoms with Crippen molar-refractivity contribution in [2.75, 3.05) is 31.6 Å². The SMILES string of the molecule is CN[C@@H](C)[C@H](O)[C@H](C)C(C(=O)O)N1CCS(=O)(=O)CC1. The van der Waals surface area contributed by atoms with Gasteiger partial charge >= 0.3 is 5.97 Å². The van der Waals surface area contributed by atoms with Gasteiger partial charge < -0.3 is 15.5 Å². The minimum Gasteiger partial charge on any atom is -0.480 e. The minimum absolute atomic E-state index is 0.0266. The first-order valence-corrected chi connectivity index (χ1v) is 8.54. The molecule has 1 rings (SSSR count). The van der Waals surface area contributed by atoms with E-state index in [9.17, 15) is 23.4 Å². The molecule has 0 spiro atoms. The molecule has 0 radical (unpaired) electrons. The minimum atomic E-state index is -3.05. The van der Waals surface area contributed by atoms with Crippen molar-refractivity contribution in [1.29, 1.82) is 0 Å². The Labute approximate surface area is 119 Å². The highest BCUT2D eigenvalue weighted by atomic mass is 32.2. The molecular formula is C12H24N2O5S. The lowest BCUT2D eigenvalue weighted by Crippen LogP contribution is -2.56. The number of aliphatic hydroxyl groups excluding tert-OH is 1. The second kappa shape index (κ2) is 6.84. The first-order chi connectivity index (χ1) is 9.19. The molecule has 1 aliphatic rings. The van der Waals surface area contributed by atoms with E-state index in [2.05, 4.69) is 5.32 Å². The number of nitrogens with one attached hydrogen (secondary N) is 1. The summed E-state index contributed by atoms with van der Waals surface area (Å²) in [4.78, 5) is 13.1. The molecule has 1 saturated heterocycles. The van der Waals surface area contributed by atoms with Crippen molar-refractivity contribution in [2.24, 2.45) is 5.92 Å². The summed E-state index contributed by atoms with van der Waals surface area (Å²) < 4.78 is 22.8. The summed E-state index contributed by atoms with van der Waals surface area (Å²) in [6.07, 6.45) is -0.820. The first kappa shape index (κ1) is 17.4. The van der Waals surface area contributed by atoms with Crippen molar-refractivity contribution in [3.8, 4) is 0 Å². The van der Waals surface area contributed by atoms with Gasteiger partial charge in [0, 0.05) is 25.0 Å². The van der Waals surface area contributed by atoms with Crippen molar-refractivity contribution < 1.29 is 23.4 Å². The molecule has 7 nitrogen and oxygen atoms in total. The predicted octanol–water partition coefficient (Wildman–Crippen LogP) is -1.23. The Morgan fingerprint density at radius 2 is 1.75 bits per heavy atom. The van der Waals surface area contributed by atoms with Crippen molar-refractivity contribution in [1.82, 2.24) is 10.2 Å². The van der Waals surface area contributed by atoms with Crippen LogP contribution in [0.4, 0.5) is 0 Å². The highest BCUT2D eigenvalue weighted by Crippen LogP contribution is 2.20. The van der Waals surface area contributed by atoms with Crippen LogP contribution in [0, 0.1) is 5.92 Å². The molecule has 0 aromatic heterocycles. The number of likely N-dealkylation sites (N-methyl/N-ethyl adjacent to an activating group) is 1. The van der Waals surface area contributed by atoms with Crippen LogP contribution in [-0.4, -0.2) is 79.3 Å². The predicted molar refractivity (Wildman–Crippen MR) is 75.3 cm³/mol. The van der Waals surface area contributed by atoms with Crippen LogP contribution in [0.25, 0.3) is 0 Å². The van der Waals surface area contributed by atoms with Crippen LogP contribution < -0.4 is 5.32 Å². The van der Waals surface area contributed by atoms with E-state index in [-0.39, 0.29) is 30.6 Å². The quantitative estimate of drug-likeness (QED) is 0.564. The van der Waals surface area contributed by atoms with E-state index < -0.39 is 33.9 Å². The third-order valence-corrected chi connectivity index (χ3v) is 5.64. The molecule has 4 atom stereocenters. The van der Waals surface area contributed by atoms with Gasteiger partial charge in [0.05, 0.1) is 17.6 Å². The molecular weight excluding hydrogens is 284 g/mol. The molecule has 1 aliphatic heterocycles. The van der Waals surface area contributed by atoms with E-state index in [1.807, 2.05) is 0 Å². The maximum absolute atomic E-state index is 11.5. The van der Waals surface area contributed by atoms with Gasteiger partial charge in [-0.05, 0) is 14.0 Å². The molecule has 20 heavy (non-hydrogen) atoms. The average Bonchev–Trinajstić information content (AvgIpc) is 2.38. The molecule has 3 N–H and O–H groups in total. The van der Waals surface area contributed by atoms with Gasteiger partial charge in [-0.3, -0.25) is 9.69 Å². The van der Waals surface area contributed by atoms with Gasteiger partial charge in [0.25, 0.3) is 0 Å². The number of aliphatic carboxylic acids is 1. The summed E-state index contributed by atoms with van der Waals surface area (Å²) in [6, 6.07) is -1.11. The van der Waals surface area contributed by atoms with Crippen LogP contribution in [0.15, 0.2) is 0 Å². The third-order valence-electron chi connectivity index (χ3n) is 4.03. The fraction of sp³-hybridized carbons (Fsp3) is 0.917. The fourth-order valence-corrected chi connectivity index (χ4v) is 3.76. The number of sulfone groups is 1. The van der Waals surface area contributed by atoms with Crippen LogP contribution in [0.3, 0.4) is 0 Å². The van der Waals surface area contributed by atoms with Gasteiger partial charge in [-0.25, -0.2) is 8.42 Å². The molecule has 0 saturated carbocycles. The highest BCUT2D eigenvalue weighted by Gasteiger charge is 2.38. The van der Waals surface area contributed by atoms with Crippen LogP contribution in [0.2, 0.25) is 0 Å². The summed E-state index contributed by atoms with van der Waals surface area (Å²) in [5.74, 6) is -1.59. The van der Waals surface area contributed by atoms with Crippen molar-refractivity contribution in [2.45, 2.75) is 32.0 Å². The molecule has 0 aromatic rings. The van der Waals surface area contributed by atoms with Crippen LogP contribution in [0.5, 0.6) is 0 Å². The molecule has 8 heteroatoms. The molecule has 118 valence electrons. The van der Waals surface area contributed by atoms with Gasteiger partial charge in [-0.1, -0.05) is 6.92 Å². The fourth-order valence-electron chi connectivity index (χ4n) is 2.53. The largest absolute Gasteiger partial charge is 0.480 e. The van der Waals surface area contributed by atoms with Gasteiger partial charge in [0.15, 0.2) is 9.84 Å². The third kappa shape index (κ3) is 4.15. The summed E-state index contributed by atoms with van der Waals surface area (Å²) in [5, 5.41) is 22.5. The van der Waals surface area contributed by atoms with Gasteiger partial charge in [0.1, 0.15) is 6.04 Å². The van der Waals surface area contributed by atoms with E-state index in [4.69, 9.17) is 0 Å². The van der Waals surface area contributed by atoms with E-state index in [1.54, 1.807) is 25.8 Å². The topological polar surface area (TPSA) is 107 Å². The van der Waals surface area contributed by atoms with Gasteiger partial charge in [-0.15, -0.1) is 0 Å². The Morgan fingerprint density at radius 1 is 1.25 bits per heavy atom. The Bertz CT molecular complexity index is 425. The van der Waals surface area contributed by atoms with Crippen molar-refractivity contribution >= 4 is 15.8 Å². The number of carboxylic acid groups (broad SMARTS) is 1. The summed E-state index contributed by atoms with van der Waals surface area (Å²) in [7, 11) is -1.35. The van der Waals surface area contributed by atoms with Gasteiger partial charge in [-0.2, -0.15) is 0 Å². The Hall–Kier alpha value is -0.700. The smallest absolute Gasteiger partial charge is 0.321 e. The van der Waals surface area contributed by atoms with Crippen LogP contribution in [0.1, 0.15) is 13.8 Å². The Kier molecular flexibility index (Phi) is 5.93. The number of carboxylic acids is 1. The molecule has 0 amide bonds. The lowest BCUT2D eigenvalue weighted by molar-refractivity contribution is -0.147. The zero-order valence-electron chi connectivity index (χ0n) is 12.1. The highest BCUT2D eigenvalue weighted by molar-refractivity contribution is 7.91. The van der Waals surface area contributed by atoms with E-state index in [0.29, 0.717) is 0 Å². The molecule has 1 fully saturated rings. The first-order valence-electron chi connectivity index (χ1n) is 6.72. The lowest BCUT2D eigenvalue weighted by atomic mass is 9.90. The number of hydrogen-bond donors (Lipinski definition) is 3. The standard InChI is InChI=1S/C12H24N2O5S/c1-8(11(15)9(2)13-3)10(12(16)17)14-4-6-20(18,19)7-5-14/h8-11,13,15H,4-7H2,1-3H3,(H,16,17)/t8-,9+,10?,11-/m1/s1. The Balaban J connectivity index is 2.82. The van der Waals surface area contributed by atoms with Crippen LogP contribution >= 0.6 is 0 Å². The number of carbonyl (C=O) groups is 1. The molecule has 0 aromatic carbocycles. The van der Waals surface area contributed by atoms with E-state index in [1.165, 1.54) is 0 Å². The number of rotatable bonds is 6. The summed E-state index contributed by atoms with van der Waals surface area (Å²) in [5.41, 5.74) is 0. The summed E-state index contributed by atoms with van der Waals surface area (Å²) in [6.45, 7) is 3.86. The molecule has 0 aliphatic carbocycles.